The highest BCUT2D eigenvalue weighted by Crippen LogP contribution is 2.40. The fourth-order valence-electron chi connectivity index (χ4n) is 3.95. The van der Waals surface area contributed by atoms with Crippen molar-refractivity contribution < 1.29 is 22.7 Å². The molecule has 0 spiro atoms. The van der Waals surface area contributed by atoms with Gasteiger partial charge < -0.3 is 14.3 Å². The van der Waals surface area contributed by atoms with Crippen LogP contribution in [-0.2, 0) is 21.2 Å². The number of allylic oxidation sites excluding steroid dienone is 1. The molecule has 1 aromatic rings. The van der Waals surface area contributed by atoms with Crippen molar-refractivity contribution in [2.45, 2.75) is 63.9 Å². The highest BCUT2D eigenvalue weighted by atomic mass is 32.2. The maximum atomic E-state index is 12.4. The molecule has 3 rings (SSSR count). The standard InChI is InChI=1S/C20H28O5S/c1-3-5-15-13-26(22,23)19-12-24-18(20(15)19)9-6-14(4-2)10-16-7-8-17(11-21)25-16/h7-8,10,18-19,21H,3-6,9,11-13H2,1-2H3/b14-10+/t18-,19+/m1/s1. The van der Waals surface area contributed by atoms with Crippen molar-refractivity contribution in [2.24, 2.45) is 0 Å². The Balaban J connectivity index is 1.71. The van der Waals surface area contributed by atoms with Gasteiger partial charge in [0.15, 0.2) is 9.84 Å². The van der Waals surface area contributed by atoms with Crippen molar-refractivity contribution in [2.75, 3.05) is 12.4 Å². The van der Waals surface area contributed by atoms with Crippen molar-refractivity contribution >= 4 is 15.9 Å². The number of furan rings is 1. The van der Waals surface area contributed by atoms with E-state index >= 15 is 0 Å². The largest absolute Gasteiger partial charge is 0.459 e. The van der Waals surface area contributed by atoms with Crippen molar-refractivity contribution in [3.05, 3.63) is 40.4 Å². The van der Waals surface area contributed by atoms with Gasteiger partial charge in [-0.05, 0) is 49.5 Å². The predicted molar refractivity (Wildman–Crippen MR) is 101 cm³/mol. The van der Waals surface area contributed by atoms with Gasteiger partial charge in [-0.15, -0.1) is 0 Å². The molecule has 1 saturated heterocycles. The number of rotatable bonds is 8. The number of ether oxygens (including phenoxy) is 1. The molecule has 5 nitrogen and oxygen atoms in total. The van der Waals surface area contributed by atoms with Crippen LogP contribution in [0.4, 0.5) is 0 Å². The molecule has 2 aliphatic heterocycles. The van der Waals surface area contributed by atoms with E-state index in [2.05, 4.69) is 13.8 Å². The average Bonchev–Trinajstić information content (AvgIpc) is 3.29. The van der Waals surface area contributed by atoms with Gasteiger partial charge in [-0.1, -0.05) is 31.4 Å². The molecule has 0 unspecified atom stereocenters. The van der Waals surface area contributed by atoms with Crippen molar-refractivity contribution in [1.29, 1.82) is 0 Å². The lowest BCUT2D eigenvalue weighted by atomic mass is 9.95. The van der Waals surface area contributed by atoms with Crippen LogP contribution in [0.5, 0.6) is 0 Å². The second-order valence-corrected chi connectivity index (χ2v) is 9.27. The van der Waals surface area contributed by atoms with Crippen LogP contribution in [0, 0.1) is 0 Å². The number of fused-ring (bicyclic) bond motifs is 1. The van der Waals surface area contributed by atoms with Crippen molar-refractivity contribution in [1.82, 2.24) is 0 Å². The molecule has 6 heteroatoms. The molecule has 0 aliphatic carbocycles. The van der Waals surface area contributed by atoms with Crippen LogP contribution < -0.4 is 0 Å². The Bertz CT molecular complexity index is 800. The van der Waals surface area contributed by atoms with E-state index in [9.17, 15) is 8.42 Å². The second kappa shape index (κ2) is 8.11. The zero-order valence-electron chi connectivity index (χ0n) is 15.5. The minimum atomic E-state index is -3.07. The van der Waals surface area contributed by atoms with E-state index in [4.69, 9.17) is 14.3 Å². The van der Waals surface area contributed by atoms with E-state index in [0.29, 0.717) is 12.4 Å². The number of hydrogen-bond acceptors (Lipinski definition) is 5. The minimum Gasteiger partial charge on any atom is -0.459 e. The van der Waals surface area contributed by atoms with Gasteiger partial charge in [-0.3, -0.25) is 0 Å². The summed E-state index contributed by atoms with van der Waals surface area (Å²) in [6.07, 6.45) is 6.26. The summed E-state index contributed by atoms with van der Waals surface area (Å²) in [6.45, 7) is 4.39. The highest BCUT2D eigenvalue weighted by molar-refractivity contribution is 7.92. The lowest BCUT2D eigenvalue weighted by molar-refractivity contribution is 0.117. The molecule has 144 valence electrons. The summed E-state index contributed by atoms with van der Waals surface area (Å²) in [5.41, 5.74) is 3.36. The average molecular weight is 381 g/mol. The summed E-state index contributed by atoms with van der Waals surface area (Å²) in [4.78, 5) is 0. The van der Waals surface area contributed by atoms with Gasteiger partial charge in [0.2, 0.25) is 0 Å². The van der Waals surface area contributed by atoms with E-state index < -0.39 is 15.1 Å². The third kappa shape index (κ3) is 3.97. The van der Waals surface area contributed by atoms with E-state index in [0.717, 1.165) is 49.0 Å². The first-order chi connectivity index (χ1) is 12.5. The monoisotopic (exact) mass is 380 g/mol. The molecule has 1 aromatic heterocycles. The van der Waals surface area contributed by atoms with Crippen LogP contribution in [0.15, 0.2) is 33.3 Å². The first-order valence-corrected chi connectivity index (χ1v) is 11.1. The van der Waals surface area contributed by atoms with Crippen molar-refractivity contribution in [3.8, 4) is 0 Å². The SMILES string of the molecule is CCCC1=C2[C@@H](CC/C(=C/c3ccc(CO)o3)CC)OC[C@@H]2S(=O)(=O)C1. The molecular weight excluding hydrogens is 352 g/mol. The summed E-state index contributed by atoms with van der Waals surface area (Å²) < 4.78 is 36.2. The molecule has 0 saturated carbocycles. The van der Waals surface area contributed by atoms with Gasteiger partial charge in [0, 0.05) is 0 Å². The van der Waals surface area contributed by atoms with Crippen LogP contribution in [0.2, 0.25) is 0 Å². The smallest absolute Gasteiger partial charge is 0.163 e. The molecule has 0 radical (unpaired) electrons. The molecule has 0 amide bonds. The zero-order valence-corrected chi connectivity index (χ0v) is 16.3. The van der Waals surface area contributed by atoms with Crippen molar-refractivity contribution in [3.63, 3.8) is 0 Å². The first kappa shape index (κ1) is 19.4. The fraction of sp³-hybridized carbons (Fsp3) is 0.600. The molecular formula is C20H28O5S. The van der Waals surface area contributed by atoms with E-state index in [1.807, 2.05) is 12.1 Å². The normalized spacial score (nSPS) is 25.1. The fourth-order valence-corrected chi connectivity index (χ4v) is 5.94. The van der Waals surface area contributed by atoms with Crippen LogP contribution >= 0.6 is 0 Å². The number of aliphatic hydroxyl groups excluding tert-OH is 1. The topological polar surface area (TPSA) is 76.7 Å². The van der Waals surface area contributed by atoms with Gasteiger partial charge in [0.25, 0.3) is 0 Å². The van der Waals surface area contributed by atoms with Gasteiger partial charge in [0.05, 0.1) is 18.5 Å². The molecule has 0 bridgehead atoms. The summed E-state index contributed by atoms with van der Waals surface area (Å²) in [5.74, 6) is 1.51. The Labute approximate surface area is 155 Å². The Kier molecular flexibility index (Phi) is 6.05. The lowest BCUT2D eigenvalue weighted by Gasteiger charge is -2.14. The van der Waals surface area contributed by atoms with Crippen LogP contribution in [0.25, 0.3) is 6.08 Å². The Morgan fingerprint density at radius 3 is 2.81 bits per heavy atom. The molecule has 2 aliphatic rings. The van der Waals surface area contributed by atoms with Gasteiger partial charge >= 0.3 is 0 Å². The maximum absolute atomic E-state index is 12.4. The second-order valence-electron chi connectivity index (χ2n) is 7.08. The Morgan fingerprint density at radius 2 is 2.15 bits per heavy atom. The Morgan fingerprint density at radius 1 is 1.35 bits per heavy atom. The number of hydrogen-bond donors (Lipinski definition) is 1. The molecule has 0 aromatic carbocycles. The molecule has 1 fully saturated rings. The van der Waals surface area contributed by atoms with E-state index in [1.54, 1.807) is 6.07 Å². The summed E-state index contributed by atoms with van der Waals surface area (Å²) in [6, 6.07) is 3.63. The predicted octanol–water partition coefficient (Wildman–Crippen LogP) is 3.64. The quantitative estimate of drug-likeness (QED) is 0.697. The molecule has 1 N–H and O–H groups in total. The minimum absolute atomic E-state index is 0.0848. The summed E-state index contributed by atoms with van der Waals surface area (Å²) >= 11 is 0. The van der Waals surface area contributed by atoms with Gasteiger partial charge in [0.1, 0.15) is 23.4 Å². The number of aliphatic hydroxyl groups is 1. The maximum Gasteiger partial charge on any atom is 0.163 e. The third-order valence-electron chi connectivity index (χ3n) is 5.28. The van der Waals surface area contributed by atoms with Crippen LogP contribution in [-0.4, -0.2) is 37.2 Å². The third-order valence-corrected chi connectivity index (χ3v) is 7.29. The summed E-state index contributed by atoms with van der Waals surface area (Å²) in [5, 5.41) is 8.69. The van der Waals surface area contributed by atoms with Gasteiger partial charge in [-0.25, -0.2) is 8.42 Å². The molecule has 26 heavy (non-hydrogen) atoms. The molecule has 2 atom stereocenters. The number of sulfone groups is 1. The highest BCUT2D eigenvalue weighted by Gasteiger charge is 2.46. The zero-order chi connectivity index (χ0) is 18.7. The molecule has 3 heterocycles. The van der Waals surface area contributed by atoms with Crippen LogP contribution in [0.1, 0.15) is 57.5 Å². The van der Waals surface area contributed by atoms with Crippen LogP contribution in [0.3, 0.4) is 0 Å². The van der Waals surface area contributed by atoms with Gasteiger partial charge in [-0.2, -0.15) is 0 Å². The summed E-state index contributed by atoms with van der Waals surface area (Å²) in [7, 11) is -3.07. The van der Waals surface area contributed by atoms with E-state index in [-0.39, 0.29) is 18.5 Å². The van der Waals surface area contributed by atoms with E-state index in [1.165, 1.54) is 5.57 Å². The Hall–Kier alpha value is -1.37. The first-order valence-electron chi connectivity index (χ1n) is 9.42. The lowest BCUT2D eigenvalue weighted by Crippen LogP contribution is -2.19.